The van der Waals surface area contributed by atoms with Crippen LogP contribution in [0.2, 0.25) is 0 Å². The Kier molecular flexibility index (Phi) is 6.64. The molecule has 4 rings (SSSR count). The second-order valence-corrected chi connectivity index (χ2v) is 7.81. The highest BCUT2D eigenvalue weighted by Crippen LogP contribution is 2.31. The lowest BCUT2D eigenvalue weighted by Gasteiger charge is -2.17. The standard InChI is InChI=1S/C22H22N2OS.ClH/c25-21(24-22-23-19-13-7-8-14-20(19)26-22)15-18(16-9-3-1-4-10-16)17-11-5-2-6-12-17;/h1-6,9-12,18H,7-8,13-15H2,(H,23,24,25);1H. The molecular formula is C22H23ClN2OS. The molecule has 1 aromatic heterocycles. The number of aryl methyl sites for hydroxylation is 2. The van der Waals surface area contributed by atoms with Gasteiger partial charge in [0.25, 0.3) is 0 Å². The molecule has 140 valence electrons. The summed E-state index contributed by atoms with van der Waals surface area (Å²) in [6, 6.07) is 20.5. The average Bonchev–Trinajstić information content (AvgIpc) is 3.09. The van der Waals surface area contributed by atoms with Crippen LogP contribution in [0.15, 0.2) is 60.7 Å². The van der Waals surface area contributed by atoms with Crippen molar-refractivity contribution in [3.63, 3.8) is 0 Å². The first kappa shape index (κ1) is 19.6. The fourth-order valence-corrected chi connectivity index (χ4v) is 4.63. The van der Waals surface area contributed by atoms with E-state index in [9.17, 15) is 4.79 Å². The first-order valence-corrected chi connectivity index (χ1v) is 9.99. The molecule has 3 aromatic rings. The molecular weight excluding hydrogens is 376 g/mol. The highest BCUT2D eigenvalue weighted by Gasteiger charge is 2.20. The number of carbonyl (C=O) groups excluding carboxylic acids is 1. The first-order chi connectivity index (χ1) is 12.8. The number of rotatable bonds is 5. The Morgan fingerprint density at radius 1 is 0.963 bits per heavy atom. The van der Waals surface area contributed by atoms with E-state index in [0.717, 1.165) is 29.1 Å². The van der Waals surface area contributed by atoms with E-state index in [-0.39, 0.29) is 24.2 Å². The zero-order chi connectivity index (χ0) is 17.8. The molecule has 27 heavy (non-hydrogen) atoms. The summed E-state index contributed by atoms with van der Waals surface area (Å²) in [5.41, 5.74) is 3.50. The van der Waals surface area contributed by atoms with Crippen molar-refractivity contribution in [1.29, 1.82) is 0 Å². The van der Waals surface area contributed by atoms with Crippen molar-refractivity contribution in [3.05, 3.63) is 82.4 Å². The van der Waals surface area contributed by atoms with Gasteiger partial charge in [-0.1, -0.05) is 60.7 Å². The molecule has 5 heteroatoms. The molecule has 0 bridgehead atoms. The van der Waals surface area contributed by atoms with E-state index >= 15 is 0 Å². The molecule has 0 aliphatic heterocycles. The van der Waals surface area contributed by atoms with Crippen LogP contribution in [-0.2, 0) is 17.6 Å². The number of amides is 1. The van der Waals surface area contributed by atoms with Crippen LogP contribution in [0, 0.1) is 0 Å². The average molecular weight is 399 g/mol. The largest absolute Gasteiger partial charge is 0.302 e. The van der Waals surface area contributed by atoms with Crippen molar-refractivity contribution in [2.45, 2.75) is 38.0 Å². The Balaban J connectivity index is 0.00000210. The summed E-state index contributed by atoms with van der Waals surface area (Å²) in [7, 11) is 0. The van der Waals surface area contributed by atoms with Gasteiger partial charge in [-0.3, -0.25) is 4.79 Å². The molecule has 1 aliphatic rings. The third-order valence-electron chi connectivity index (χ3n) is 4.89. The highest BCUT2D eigenvalue weighted by atomic mass is 35.5. The maximum absolute atomic E-state index is 12.7. The van der Waals surface area contributed by atoms with Gasteiger partial charge >= 0.3 is 0 Å². The second-order valence-electron chi connectivity index (χ2n) is 6.72. The molecule has 1 heterocycles. The predicted molar refractivity (Wildman–Crippen MR) is 114 cm³/mol. The smallest absolute Gasteiger partial charge is 0.227 e. The fourth-order valence-electron chi connectivity index (χ4n) is 3.56. The number of thiazole rings is 1. The van der Waals surface area contributed by atoms with Crippen molar-refractivity contribution >= 4 is 34.8 Å². The van der Waals surface area contributed by atoms with E-state index in [1.165, 1.54) is 23.4 Å². The van der Waals surface area contributed by atoms with Gasteiger partial charge in [-0.2, -0.15) is 0 Å². The molecule has 1 aliphatic carbocycles. The molecule has 1 amide bonds. The molecule has 3 nitrogen and oxygen atoms in total. The van der Waals surface area contributed by atoms with Crippen molar-refractivity contribution in [2.24, 2.45) is 0 Å². The fraction of sp³-hybridized carbons (Fsp3) is 0.273. The third-order valence-corrected chi connectivity index (χ3v) is 5.96. The molecule has 0 saturated heterocycles. The maximum atomic E-state index is 12.7. The van der Waals surface area contributed by atoms with Crippen molar-refractivity contribution < 1.29 is 4.79 Å². The summed E-state index contributed by atoms with van der Waals surface area (Å²) < 4.78 is 0. The summed E-state index contributed by atoms with van der Waals surface area (Å²) in [6.07, 6.45) is 4.98. The SMILES string of the molecule is Cl.O=C(CC(c1ccccc1)c1ccccc1)Nc1nc2c(s1)CCCC2. The van der Waals surface area contributed by atoms with Crippen LogP contribution >= 0.6 is 23.7 Å². The highest BCUT2D eigenvalue weighted by molar-refractivity contribution is 7.15. The van der Waals surface area contributed by atoms with Crippen LogP contribution < -0.4 is 5.32 Å². The summed E-state index contributed by atoms with van der Waals surface area (Å²) in [5, 5.41) is 3.79. The summed E-state index contributed by atoms with van der Waals surface area (Å²) in [6.45, 7) is 0. The number of anilines is 1. The topological polar surface area (TPSA) is 42.0 Å². The van der Waals surface area contributed by atoms with Gasteiger partial charge in [0.1, 0.15) is 0 Å². The Bertz CT molecular complexity index is 817. The Morgan fingerprint density at radius 2 is 1.56 bits per heavy atom. The maximum Gasteiger partial charge on any atom is 0.227 e. The second kappa shape index (κ2) is 9.16. The van der Waals surface area contributed by atoms with Crippen molar-refractivity contribution in [2.75, 3.05) is 5.32 Å². The summed E-state index contributed by atoms with van der Waals surface area (Å²) in [5.74, 6) is 0.0702. The van der Waals surface area contributed by atoms with E-state index in [0.29, 0.717) is 6.42 Å². The van der Waals surface area contributed by atoms with Crippen LogP contribution in [0.4, 0.5) is 5.13 Å². The van der Waals surface area contributed by atoms with E-state index in [2.05, 4.69) is 34.6 Å². The van der Waals surface area contributed by atoms with Gasteiger partial charge in [0, 0.05) is 17.2 Å². The van der Waals surface area contributed by atoms with Gasteiger partial charge in [0.2, 0.25) is 5.91 Å². The third kappa shape index (κ3) is 4.76. The van der Waals surface area contributed by atoms with Gasteiger partial charge in [-0.15, -0.1) is 23.7 Å². The molecule has 0 atom stereocenters. The molecule has 0 unspecified atom stereocenters. The van der Waals surface area contributed by atoms with Crippen LogP contribution in [0.3, 0.4) is 0 Å². The molecule has 2 aromatic carbocycles. The van der Waals surface area contributed by atoms with Gasteiger partial charge in [-0.05, 0) is 36.8 Å². The summed E-state index contributed by atoms with van der Waals surface area (Å²) >= 11 is 1.64. The zero-order valence-electron chi connectivity index (χ0n) is 15.1. The molecule has 0 fully saturated rings. The lowest BCUT2D eigenvalue weighted by atomic mass is 9.88. The van der Waals surface area contributed by atoms with Gasteiger partial charge < -0.3 is 5.32 Å². The Hall–Kier alpha value is -2.17. The number of fused-ring (bicyclic) bond motifs is 1. The molecule has 0 radical (unpaired) electrons. The number of nitrogens with zero attached hydrogens (tertiary/aromatic N) is 1. The van der Waals surface area contributed by atoms with Crippen LogP contribution in [0.1, 0.15) is 46.9 Å². The number of carbonyl (C=O) groups is 1. The molecule has 0 spiro atoms. The normalized spacial score (nSPS) is 12.9. The minimum atomic E-state index is 0. The number of hydrogen-bond acceptors (Lipinski definition) is 3. The van der Waals surface area contributed by atoms with E-state index in [1.807, 2.05) is 36.4 Å². The minimum absolute atomic E-state index is 0. The zero-order valence-corrected chi connectivity index (χ0v) is 16.7. The first-order valence-electron chi connectivity index (χ1n) is 9.18. The lowest BCUT2D eigenvalue weighted by Crippen LogP contribution is -2.16. The number of aromatic nitrogens is 1. The van der Waals surface area contributed by atoms with E-state index in [1.54, 1.807) is 11.3 Å². The Morgan fingerprint density at radius 3 is 2.15 bits per heavy atom. The van der Waals surface area contributed by atoms with Gasteiger partial charge in [-0.25, -0.2) is 4.98 Å². The van der Waals surface area contributed by atoms with Gasteiger partial charge in [0.05, 0.1) is 5.69 Å². The minimum Gasteiger partial charge on any atom is -0.302 e. The number of halogens is 1. The molecule has 1 N–H and O–H groups in total. The number of benzene rings is 2. The van der Waals surface area contributed by atoms with Crippen LogP contribution in [-0.4, -0.2) is 10.9 Å². The van der Waals surface area contributed by atoms with E-state index in [4.69, 9.17) is 0 Å². The number of nitrogens with one attached hydrogen (secondary N) is 1. The monoisotopic (exact) mass is 398 g/mol. The van der Waals surface area contributed by atoms with E-state index < -0.39 is 0 Å². The predicted octanol–water partition coefficient (Wildman–Crippen LogP) is 5.60. The molecule has 0 saturated carbocycles. The van der Waals surface area contributed by atoms with Gasteiger partial charge in [0.15, 0.2) is 5.13 Å². The number of hydrogen-bond donors (Lipinski definition) is 1. The lowest BCUT2D eigenvalue weighted by molar-refractivity contribution is -0.116. The van der Waals surface area contributed by atoms with Crippen molar-refractivity contribution in [1.82, 2.24) is 4.98 Å². The van der Waals surface area contributed by atoms with Crippen molar-refractivity contribution in [3.8, 4) is 0 Å². The summed E-state index contributed by atoms with van der Waals surface area (Å²) in [4.78, 5) is 18.7. The van der Waals surface area contributed by atoms with Crippen LogP contribution in [0.25, 0.3) is 0 Å². The quantitative estimate of drug-likeness (QED) is 0.607. The Labute approximate surface area is 170 Å². The van der Waals surface area contributed by atoms with Crippen LogP contribution in [0.5, 0.6) is 0 Å².